The SMILES string of the molecule is O=[N+]([O-])c1ccc(CC(O)c2ccc(Br)o2)cc1. The van der Waals surface area contributed by atoms with E-state index in [4.69, 9.17) is 4.42 Å². The molecule has 0 saturated heterocycles. The van der Waals surface area contributed by atoms with Gasteiger partial charge in [0.05, 0.1) is 4.92 Å². The van der Waals surface area contributed by atoms with Crippen molar-refractivity contribution in [3.8, 4) is 0 Å². The second-order valence-electron chi connectivity index (χ2n) is 3.79. The molecule has 0 aliphatic heterocycles. The van der Waals surface area contributed by atoms with Crippen molar-refractivity contribution >= 4 is 21.6 Å². The number of nitro benzene ring substituents is 1. The lowest BCUT2D eigenvalue weighted by Crippen LogP contribution is -2.00. The average molecular weight is 312 g/mol. The van der Waals surface area contributed by atoms with E-state index in [0.29, 0.717) is 16.9 Å². The highest BCUT2D eigenvalue weighted by Gasteiger charge is 2.13. The number of nitro groups is 1. The first kappa shape index (κ1) is 12.8. The Morgan fingerprint density at radius 2 is 1.94 bits per heavy atom. The van der Waals surface area contributed by atoms with Gasteiger partial charge in [-0.15, -0.1) is 0 Å². The number of benzene rings is 1. The molecule has 0 aliphatic carbocycles. The highest BCUT2D eigenvalue weighted by Crippen LogP contribution is 2.24. The lowest BCUT2D eigenvalue weighted by molar-refractivity contribution is -0.384. The molecular weight excluding hydrogens is 302 g/mol. The van der Waals surface area contributed by atoms with Crippen LogP contribution in [0.3, 0.4) is 0 Å². The summed E-state index contributed by atoms with van der Waals surface area (Å²) in [6, 6.07) is 9.47. The second kappa shape index (κ2) is 5.32. The number of rotatable bonds is 4. The number of non-ortho nitro benzene ring substituents is 1. The Kier molecular flexibility index (Phi) is 3.78. The maximum Gasteiger partial charge on any atom is 0.269 e. The summed E-state index contributed by atoms with van der Waals surface area (Å²) < 4.78 is 5.79. The van der Waals surface area contributed by atoms with Crippen LogP contribution in [0.25, 0.3) is 0 Å². The zero-order valence-corrected chi connectivity index (χ0v) is 10.8. The Labute approximate surface area is 111 Å². The van der Waals surface area contributed by atoms with Crippen LogP contribution >= 0.6 is 15.9 Å². The highest BCUT2D eigenvalue weighted by atomic mass is 79.9. The normalized spacial score (nSPS) is 12.3. The third-order valence-corrected chi connectivity index (χ3v) is 2.92. The summed E-state index contributed by atoms with van der Waals surface area (Å²) in [5, 5.41) is 20.4. The molecule has 2 aromatic rings. The van der Waals surface area contributed by atoms with Crippen molar-refractivity contribution in [2.45, 2.75) is 12.5 Å². The first-order valence-corrected chi connectivity index (χ1v) is 6.02. The third-order valence-electron chi connectivity index (χ3n) is 2.50. The van der Waals surface area contributed by atoms with Crippen molar-refractivity contribution in [1.82, 2.24) is 0 Å². The number of halogens is 1. The van der Waals surface area contributed by atoms with Gasteiger partial charge in [-0.05, 0) is 33.6 Å². The van der Waals surface area contributed by atoms with Crippen molar-refractivity contribution in [1.29, 1.82) is 0 Å². The summed E-state index contributed by atoms with van der Waals surface area (Å²) in [6.07, 6.45) is -0.421. The lowest BCUT2D eigenvalue weighted by Gasteiger charge is -2.07. The monoisotopic (exact) mass is 311 g/mol. The fourth-order valence-corrected chi connectivity index (χ4v) is 1.90. The molecule has 0 amide bonds. The molecule has 0 radical (unpaired) electrons. The molecule has 1 N–H and O–H groups in total. The van der Waals surface area contributed by atoms with Gasteiger partial charge in [0.25, 0.3) is 5.69 Å². The lowest BCUT2D eigenvalue weighted by atomic mass is 10.1. The Bertz CT molecular complexity index is 549. The van der Waals surface area contributed by atoms with E-state index in [0.717, 1.165) is 5.56 Å². The van der Waals surface area contributed by atoms with Gasteiger partial charge in [-0.1, -0.05) is 12.1 Å². The Morgan fingerprint density at radius 1 is 1.28 bits per heavy atom. The zero-order valence-electron chi connectivity index (χ0n) is 9.25. The Morgan fingerprint density at radius 3 is 2.44 bits per heavy atom. The molecule has 0 saturated carbocycles. The number of aliphatic hydroxyl groups is 1. The molecule has 1 aromatic heterocycles. The summed E-state index contributed by atoms with van der Waals surface area (Å²) in [7, 11) is 0. The minimum absolute atomic E-state index is 0.0361. The molecule has 0 bridgehead atoms. The van der Waals surface area contributed by atoms with E-state index in [1.165, 1.54) is 12.1 Å². The third kappa shape index (κ3) is 2.96. The van der Waals surface area contributed by atoms with E-state index in [1.54, 1.807) is 24.3 Å². The molecule has 0 fully saturated rings. The van der Waals surface area contributed by atoms with E-state index in [9.17, 15) is 15.2 Å². The van der Waals surface area contributed by atoms with Crippen LogP contribution in [0, 0.1) is 10.1 Å². The van der Waals surface area contributed by atoms with Gasteiger partial charge >= 0.3 is 0 Å². The summed E-state index contributed by atoms with van der Waals surface area (Å²) >= 11 is 3.16. The molecule has 1 atom stereocenters. The number of furan rings is 1. The van der Waals surface area contributed by atoms with Crippen LogP contribution in [0.4, 0.5) is 5.69 Å². The molecule has 2 rings (SSSR count). The van der Waals surface area contributed by atoms with Gasteiger partial charge in [0, 0.05) is 18.6 Å². The van der Waals surface area contributed by atoms with Gasteiger partial charge in [0.2, 0.25) is 0 Å². The predicted molar refractivity (Wildman–Crippen MR) is 68.2 cm³/mol. The van der Waals surface area contributed by atoms with Crippen LogP contribution in [0.15, 0.2) is 45.5 Å². The van der Waals surface area contributed by atoms with E-state index >= 15 is 0 Å². The molecule has 1 heterocycles. The molecule has 6 heteroatoms. The van der Waals surface area contributed by atoms with Crippen molar-refractivity contribution in [3.63, 3.8) is 0 Å². The minimum atomic E-state index is -0.766. The van der Waals surface area contributed by atoms with Crippen molar-refractivity contribution < 1.29 is 14.4 Å². The number of nitrogens with zero attached hydrogens (tertiary/aromatic N) is 1. The molecule has 18 heavy (non-hydrogen) atoms. The smallest absolute Gasteiger partial charge is 0.269 e. The summed E-state index contributed by atoms with van der Waals surface area (Å²) in [5.74, 6) is 0.459. The van der Waals surface area contributed by atoms with Gasteiger partial charge in [-0.25, -0.2) is 0 Å². The molecule has 0 aliphatic rings. The Hall–Kier alpha value is -1.66. The average Bonchev–Trinajstić information content (AvgIpc) is 2.76. The van der Waals surface area contributed by atoms with Gasteiger partial charge in [0.1, 0.15) is 11.9 Å². The fourth-order valence-electron chi connectivity index (χ4n) is 1.58. The van der Waals surface area contributed by atoms with Crippen LogP contribution < -0.4 is 0 Å². The van der Waals surface area contributed by atoms with Crippen LogP contribution in [0.1, 0.15) is 17.4 Å². The van der Waals surface area contributed by atoms with Crippen LogP contribution in [0.5, 0.6) is 0 Å². The fraction of sp³-hybridized carbons (Fsp3) is 0.167. The van der Waals surface area contributed by atoms with Crippen molar-refractivity contribution in [2.24, 2.45) is 0 Å². The topological polar surface area (TPSA) is 76.5 Å². The Balaban J connectivity index is 2.07. The molecule has 5 nitrogen and oxygen atoms in total. The van der Waals surface area contributed by atoms with Crippen LogP contribution in [0.2, 0.25) is 0 Å². The van der Waals surface area contributed by atoms with E-state index < -0.39 is 11.0 Å². The van der Waals surface area contributed by atoms with E-state index in [2.05, 4.69) is 15.9 Å². The van der Waals surface area contributed by atoms with Gasteiger partial charge in [-0.2, -0.15) is 0 Å². The minimum Gasteiger partial charge on any atom is -0.452 e. The predicted octanol–water partition coefficient (Wildman–Crippen LogP) is 3.23. The van der Waals surface area contributed by atoms with Crippen molar-refractivity contribution in [2.75, 3.05) is 0 Å². The maximum atomic E-state index is 10.5. The second-order valence-corrected chi connectivity index (χ2v) is 4.57. The van der Waals surface area contributed by atoms with E-state index in [1.807, 2.05) is 0 Å². The van der Waals surface area contributed by atoms with E-state index in [-0.39, 0.29) is 5.69 Å². The van der Waals surface area contributed by atoms with Gasteiger partial charge in [0.15, 0.2) is 4.67 Å². The molecule has 1 aromatic carbocycles. The van der Waals surface area contributed by atoms with Gasteiger partial charge in [-0.3, -0.25) is 10.1 Å². The first-order chi connectivity index (χ1) is 8.56. The highest BCUT2D eigenvalue weighted by molar-refractivity contribution is 9.10. The number of hydrogen-bond donors (Lipinski definition) is 1. The maximum absolute atomic E-state index is 10.5. The van der Waals surface area contributed by atoms with Crippen molar-refractivity contribution in [3.05, 3.63) is 62.5 Å². The first-order valence-electron chi connectivity index (χ1n) is 5.23. The quantitative estimate of drug-likeness (QED) is 0.694. The number of aliphatic hydroxyl groups excluding tert-OH is 1. The number of hydrogen-bond acceptors (Lipinski definition) is 4. The zero-order chi connectivity index (χ0) is 13.1. The largest absolute Gasteiger partial charge is 0.452 e. The molecule has 94 valence electrons. The molecular formula is C12H10BrNO4. The van der Waals surface area contributed by atoms with Crippen LogP contribution in [-0.4, -0.2) is 10.0 Å². The summed E-state index contributed by atoms with van der Waals surface area (Å²) in [5.41, 5.74) is 0.842. The standard InChI is InChI=1S/C12H10BrNO4/c13-12-6-5-11(18-12)10(15)7-8-1-3-9(4-2-8)14(16)17/h1-6,10,15H,7H2. The molecule has 1 unspecified atom stereocenters. The summed E-state index contributed by atoms with van der Waals surface area (Å²) in [4.78, 5) is 10.0. The summed E-state index contributed by atoms with van der Waals surface area (Å²) in [6.45, 7) is 0. The van der Waals surface area contributed by atoms with Crippen LogP contribution in [-0.2, 0) is 6.42 Å². The molecule has 0 spiro atoms. The van der Waals surface area contributed by atoms with Gasteiger partial charge < -0.3 is 9.52 Å².